The zero-order valence-electron chi connectivity index (χ0n) is 39.5. The van der Waals surface area contributed by atoms with Crippen molar-refractivity contribution in [2.45, 2.75) is 131 Å². The van der Waals surface area contributed by atoms with Gasteiger partial charge >= 0.3 is 0 Å². The fourth-order valence-electron chi connectivity index (χ4n) is 8.02. The summed E-state index contributed by atoms with van der Waals surface area (Å²) in [4.78, 5) is 31.4. The third-order valence-electron chi connectivity index (χ3n) is 11.5. The molecule has 8 bridgehead atoms. The quantitative estimate of drug-likeness (QED) is 0.174. The molecule has 1 aliphatic carbocycles. The Balaban J connectivity index is 2.18. The van der Waals surface area contributed by atoms with E-state index < -0.39 is 33.9 Å². The Hall–Kier alpha value is -4.66. The number of methoxy groups -OCH3 is 4. The van der Waals surface area contributed by atoms with Gasteiger partial charge in [-0.3, -0.25) is 9.59 Å². The van der Waals surface area contributed by atoms with E-state index in [1.807, 2.05) is 38.1 Å². The molecule has 324 valence electrons. The lowest BCUT2D eigenvalue weighted by molar-refractivity contribution is 0.0862. The molecule has 0 spiro atoms. The first-order valence-corrected chi connectivity index (χ1v) is 21.1. The van der Waals surface area contributed by atoms with Gasteiger partial charge in [-0.05, 0) is 106 Å². The van der Waals surface area contributed by atoms with E-state index in [2.05, 4.69) is 107 Å². The molecule has 4 aromatic carbocycles. The van der Waals surface area contributed by atoms with Gasteiger partial charge in [0.05, 0.1) is 50.7 Å². The molecule has 60 heavy (non-hydrogen) atoms. The number of ketones is 2. The zero-order chi connectivity index (χ0) is 44.9. The molecule has 0 saturated heterocycles. The minimum absolute atomic E-state index is 0.275. The van der Waals surface area contributed by atoms with Crippen molar-refractivity contribution in [2.24, 2.45) is 0 Å². The third-order valence-corrected chi connectivity index (χ3v) is 11.5. The summed E-state index contributed by atoms with van der Waals surface area (Å²) >= 11 is 0. The number of hydrogen-bond donors (Lipinski definition) is 0. The number of benzene rings is 4. The summed E-state index contributed by atoms with van der Waals surface area (Å²) in [5, 5.41) is 0. The van der Waals surface area contributed by atoms with Gasteiger partial charge in [-0.25, -0.2) is 0 Å². The molecule has 4 aromatic rings. The van der Waals surface area contributed by atoms with Crippen LogP contribution < -0.4 is 18.9 Å². The second-order valence-corrected chi connectivity index (χ2v) is 19.9. The molecule has 0 N–H and O–H groups in total. The molecule has 0 radical (unpaired) electrons. The number of ether oxygens (including phenoxy) is 6. The lowest BCUT2D eigenvalue weighted by Gasteiger charge is -2.31. The Labute approximate surface area is 359 Å². The van der Waals surface area contributed by atoms with Crippen molar-refractivity contribution < 1.29 is 38.0 Å². The maximum absolute atomic E-state index is 15.7. The Morgan fingerprint density at radius 2 is 0.583 bits per heavy atom. The molecule has 0 aromatic heterocycles. The van der Waals surface area contributed by atoms with Gasteiger partial charge in [0, 0.05) is 35.5 Å². The van der Waals surface area contributed by atoms with Crippen LogP contribution in [0.3, 0.4) is 0 Å². The highest BCUT2D eigenvalue weighted by Crippen LogP contribution is 2.49. The van der Waals surface area contributed by atoms with E-state index in [0.29, 0.717) is 80.7 Å². The number of rotatable bonds is 8. The van der Waals surface area contributed by atoms with Crippen LogP contribution in [0.5, 0.6) is 23.0 Å². The lowest BCUT2D eigenvalue weighted by Crippen LogP contribution is -2.22. The van der Waals surface area contributed by atoms with Crippen LogP contribution in [0.2, 0.25) is 0 Å². The first-order valence-electron chi connectivity index (χ1n) is 21.1. The van der Waals surface area contributed by atoms with E-state index >= 15 is 9.59 Å². The number of carbonyl (C=O) groups is 2. The molecule has 0 unspecified atom stereocenters. The van der Waals surface area contributed by atoms with Gasteiger partial charge in [0.2, 0.25) is 11.6 Å². The summed E-state index contributed by atoms with van der Waals surface area (Å²) in [5.74, 6) is 0.904. The second-order valence-electron chi connectivity index (χ2n) is 19.9. The Morgan fingerprint density at radius 1 is 0.383 bits per heavy atom. The van der Waals surface area contributed by atoms with E-state index in [1.54, 1.807) is 28.4 Å². The Bertz CT molecular complexity index is 1960. The van der Waals surface area contributed by atoms with Gasteiger partial charge in [0.15, 0.2) is 0 Å². The van der Waals surface area contributed by atoms with Gasteiger partial charge in [0.1, 0.15) is 35.2 Å². The number of hydrogen-bond acceptors (Lipinski definition) is 8. The van der Waals surface area contributed by atoms with E-state index in [-0.39, 0.29) is 11.6 Å². The topological polar surface area (TPSA) is 89.5 Å². The van der Waals surface area contributed by atoms with Crippen LogP contribution in [0.1, 0.15) is 185 Å². The van der Waals surface area contributed by atoms with Gasteiger partial charge in [-0.2, -0.15) is 0 Å². The minimum atomic E-state index is -0.811. The van der Waals surface area contributed by atoms with E-state index in [0.717, 1.165) is 22.3 Å². The van der Waals surface area contributed by atoms with Gasteiger partial charge < -0.3 is 28.4 Å². The highest BCUT2D eigenvalue weighted by molar-refractivity contribution is 6.14. The lowest BCUT2D eigenvalue weighted by atomic mass is 9.78. The van der Waals surface area contributed by atoms with Gasteiger partial charge in [0.25, 0.3) is 0 Å². The molecule has 0 saturated carbocycles. The SMILES string of the molecule is CCOC1c2cc(C(C)(C)C)cc(c2OC)C(=O)c2cc(C(C)(C)C)cc(c2OC)C(OCC)c2cc(C(C)(C)C)cc(c2OC)C(=O)c2cc(C(C)(C)C)cc1c2OC. The summed E-state index contributed by atoms with van der Waals surface area (Å²) in [5.41, 5.74) is 6.04. The first-order chi connectivity index (χ1) is 27.9. The van der Waals surface area contributed by atoms with Crippen LogP contribution in [-0.4, -0.2) is 53.2 Å². The molecule has 8 heteroatoms. The third kappa shape index (κ3) is 8.73. The maximum atomic E-state index is 15.7. The summed E-state index contributed by atoms with van der Waals surface area (Å²) in [6, 6.07) is 16.0. The van der Waals surface area contributed by atoms with Gasteiger partial charge in [-0.15, -0.1) is 0 Å². The second kappa shape index (κ2) is 17.0. The maximum Gasteiger partial charge on any atom is 0.200 e. The molecular weight excluding hydrogens is 753 g/mol. The van der Waals surface area contributed by atoms with E-state index in [4.69, 9.17) is 28.4 Å². The summed E-state index contributed by atoms with van der Waals surface area (Å²) in [7, 11) is 6.32. The van der Waals surface area contributed by atoms with E-state index in [9.17, 15) is 0 Å². The predicted molar refractivity (Wildman–Crippen MR) is 241 cm³/mol. The monoisotopic (exact) mass is 820 g/mol. The average Bonchev–Trinajstić information content (AvgIpc) is 3.17. The Morgan fingerprint density at radius 3 is 0.733 bits per heavy atom. The van der Waals surface area contributed by atoms with Crippen molar-refractivity contribution in [3.63, 3.8) is 0 Å². The minimum Gasteiger partial charge on any atom is -0.496 e. The van der Waals surface area contributed by atoms with E-state index in [1.165, 1.54) is 0 Å². The molecule has 0 heterocycles. The van der Waals surface area contributed by atoms with Crippen molar-refractivity contribution in [3.05, 3.63) is 115 Å². The summed E-state index contributed by atoms with van der Waals surface area (Å²) in [6.07, 6.45) is -1.62. The summed E-state index contributed by atoms with van der Waals surface area (Å²) < 4.78 is 38.8. The average molecular weight is 821 g/mol. The van der Waals surface area contributed by atoms with Crippen molar-refractivity contribution in [3.8, 4) is 23.0 Å². The molecule has 0 amide bonds. The number of carbonyl (C=O) groups excluding carboxylic acids is 2. The van der Waals surface area contributed by atoms with Crippen LogP contribution in [0.25, 0.3) is 0 Å². The highest BCUT2D eigenvalue weighted by Gasteiger charge is 2.38. The van der Waals surface area contributed by atoms with Crippen molar-refractivity contribution >= 4 is 11.6 Å². The normalized spacial score (nSPS) is 16.2. The molecular formula is C52H68O8. The predicted octanol–water partition coefficient (Wildman–Crippen LogP) is 11.9. The molecule has 1 aliphatic rings. The van der Waals surface area contributed by atoms with Crippen LogP contribution in [-0.2, 0) is 31.1 Å². The van der Waals surface area contributed by atoms with Crippen molar-refractivity contribution in [1.29, 1.82) is 0 Å². The highest BCUT2D eigenvalue weighted by atomic mass is 16.5. The summed E-state index contributed by atoms with van der Waals surface area (Å²) in [6.45, 7) is 29.9. The Kier molecular flexibility index (Phi) is 13.2. The van der Waals surface area contributed by atoms with Crippen LogP contribution >= 0.6 is 0 Å². The molecule has 8 nitrogen and oxygen atoms in total. The van der Waals surface area contributed by atoms with Gasteiger partial charge in [-0.1, -0.05) is 83.1 Å². The fourth-order valence-corrected chi connectivity index (χ4v) is 8.02. The standard InChI is InChI=1S/C52H68O8/c1-19-59-47-37-25-29(49(3,4)5)21-33(43(37)55-15)41(53)35-23-31(51(9,10)11)27-39(45(35)57-17)48(60-20-2)40-28-32(52(12,13)14)24-36(46(40)58-18)42(54)34-22-30(50(6,7)8)26-38(47)44(34)56-16/h21-28,47-48H,19-20H2,1-18H3. The first kappa shape index (κ1) is 46.4. The molecule has 5 rings (SSSR count). The zero-order valence-corrected chi connectivity index (χ0v) is 39.5. The van der Waals surface area contributed by atoms with Crippen molar-refractivity contribution in [2.75, 3.05) is 41.7 Å². The fraction of sp³-hybridized carbons (Fsp3) is 0.500. The molecule has 0 atom stereocenters. The molecule has 0 fully saturated rings. The molecule has 0 aliphatic heterocycles. The number of fused-ring (bicyclic) bond motifs is 8. The van der Waals surface area contributed by atoms with Crippen LogP contribution in [0, 0.1) is 0 Å². The largest absolute Gasteiger partial charge is 0.496 e. The van der Waals surface area contributed by atoms with Crippen LogP contribution in [0.4, 0.5) is 0 Å². The van der Waals surface area contributed by atoms with Crippen LogP contribution in [0.15, 0.2) is 48.5 Å². The smallest absolute Gasteiger partial charge is 0.200 e. The van der Waals surface area contributed by atoms with Crippen molar-refractivity contribution in [1.82, 2.24) is 0 Å².